The molecule has 0 fully saturated rings. The summed E-state index contributed by atoms with van der Waals surface area (Å²) in [5, 5.41) is 9.38. The van der Waals surface area contributed by atoms with Gasteiger partial charge in [0.1, 0.15) is 5.60 Å². The molecule has 1 amide bonds. The van der Waals surface area contributed by atoms with Gasteiger partial charge in [-0.2, -0.15) is 0 Å². The highest BCUT2D eigenvalue weighted by Gasteiger charge is 2.38. The smallest absolute Gasteiger partial charge is 0.415 e. The lowest BCUT2D eigenvalue weighted by molar-refractivity contribution is -0.139. The molecule has 1 aliphatic rings. The fourth-order valence-corrected chi connectivity index (χ4v) is 2.64. The lowest BCUT2D eigenvalue weighted by Crippen LogP contribution is -2.46. The van der Waals surface area contributed by atoms with Crippen molar-refractivity contribution in [1.29, 1.82) is 0 Å². The SMILES string of the molecule is C[C@@H]1C[C@H](C(=O)O)c2ccccc2N1C(=O)OC(C)(C)C. The summed E-state index contributed by atoms with van der Waals surface area (Å²) in [4.78, 5) is 25.4. The van der Waals surface area contributed by atoms with Crippen LogP contribution in [0.5, 0.6) is 0 Å². The molecule has 0 unspecified atom stereocenters. The zero-order chi connectivity index (χ0) is 15.8. The first-order valence-electron chi connectivity index (χ1n) is 7.04. The van der Waals surface area contributed by atoms with E-state index in [-0.39, 0.29) is 6.04 Å². The second-order valence-corrected chi connectivity index (χ2v) is 6.38. The maximum atomic E-state index is 12.4. The molecule has 0 saturated heterocycles. The Kier molecular flexibility index (Phi) is 3.94. The summed E-state index contributed by atoms with van der Waals surface area (Å²) < 4.78 is 5.44. The highest BCUT2D eigenvalue weighted by molar-refractivity contribution is 5.93. The number of carbonyl (C=O) groups excluding carboxylic acids is 1. The first kappa shape index (κ1) is 15.4. The Labute approximate surface area is 124 Å². The molecule has 0 aliphatic carbocycles. The van der Waals surface area contributed by atoms with Crippen molar-refractivity contribution in [3.8, 4) is 0 Å². The van der Waals surface area contributed by atoms with Crippen LogP contribution in [-0.4, -0.2) is 28.8 Å². The molecule has 2 rings (SSSR count). The van der Waals surface area contributed by atoms with Crippen LogP contribution >= 0.6 is 0 Å². The van der Waals surface area contributed by atoms with Crippen molar-refractivity contribution >= 4 is 17.7 Å². The molecule has 5 heteroatoms. The molecular weight excluding hydrogens is 270 g/mol. The first-order valence-corrected chi connectivity index (χ1v) is 7.04. The molecule has 1 aliphatic heterocycles. The lowest BCUT2D eigenvalue weighted by atomic mass is 9.86. The summed E-state index contributed by atoms with van der Waals surface area (Å²) >= 11 is 0. The monoisotopic (exact) mass is 291 g/mol. The van der Waals surface area contributed by atoms with Gasteiger partial charge in [0.05, 0.1) is 11.6 Å². The minimum absolute atomic E-state index is 0.226. The number of amides is 1. The molecule has 1 heterocycles. The summed E-state index contributed by atoms with van der Waals surface area (Å²) in [6.45, 7) is 7.28. The highest BCUT2D eigenvalue weighted by Crippen LogP contribution is 2.39. The molecule has 1 aromatic carbocycles. The number of fused-ring (bicyclic) bond motifs is 1. The van der Waals surface area contributed by atoms with Crippen molar-refractivity contribution in [3.63, 3.8) is 0 Å². The van der Waals surface area contributed by atoms with Gasteiger partial charge in [0.2, 0.25) is 0 Å². The third kappa shape index (κ3) is 3.17. The number of rotatable bonds is 1. The maximum absolute atomic E-state index is 12.4. The summed E-state index contributed by atoms with van der Waals surface area (Å²) in [5.41, 5.74) is 0.696. The molecular formula is C16H21NO4. The summed E-state index contributed by atoms with van der Waals surface area (Å²) in [7, 11) is 0. The number of hydrogen-bond donors (Lipinski definition) is 1. The number of aliphatic carboxylic acids is 1. The van der Waals surface area contributed by atoms with Gasteiger partial charge in [0.15, 0.2) is 0 Å². The van der Waals surface area contributed by atoms with E-state index >= 15 is 0 Å². The number of carboxylic acid groups (broad SMARTS) is 1. The minimum Gasteiger partial charge on any atom is -0.481 e. The summed E-state index contributed by atoms with van der Waals surface area (Å²) in [6, 6.07) is 6.89. The molecule has 2 atom stereocenters. The molecule has 114 valence electrons. The molecule has 5 nitrogen and oxygen atoms in total. The van der Waals surface area contributed by atoms with Crippen LogP contribution in [0, 0.1) is 0 Å². The molecule has 0 radical (unpaired) electrons. The van der Waals surface area contributed by atoms with Gasteiger partial charge in [-0.25, -0.2) is 4.79 Å². The van der Waals surface area contributed by atoms with Gasteiger partial charge in [-0.1, -0.05) is 18.2 Å². The van der Waals surface area contributed by atoms with Crippen LogP contribution in [0.15, 0.2) is 24.3 Å². The van der Waals surface area contributed by atoms with Gasteiger partial charge in [0, 0.05) is 6.04 Å². The molecule has 0 spiro atoms. The normalized spacial score (nSPS) is 21.6. The largest absolute Gasteiger partial charge is 0.481 e. The van der Waals surface area contributed by atoms with Crippen molar-refractivity contribution in [2.24, 2.45) is 0 Å². The number of hydrogen-bond acceptors (Lipinski definition) is 3. The van der Waals surface area contributed by atoms with E-state index in [9.17, 15) is 14.7 Å². The van der Waals surface area contributed by atoms with Gasteiger partial charge in [-0.15, -0.1) is 0 Å². The quantitative estimate of drug-likeness (QED) is 0.861. The number of para-hydroxylation sites is 1. The predicted octanol–water partition coefficient (Wildman–Crippen LogP) is 3.39. The number of nitrogens with zero attached hydrogens (tertiary/aromatic N) is 1. The molecule has 1 aromatic rings. The van der Waals surface area contributed by atoms with Crippen molar-refractivity contribution < 1.29 is 19.4 Å². The fraction of sp³-hybridized carbons (Fsp3) is 0.500. The van der Waals surface area contributed by atoms with Crippen molar-refractivity contribution in [3.05, 3.63) is 29.8 Å². The van der Waals surface area contributed by atoms with Gasteiger partial charge < -0.3 is 9.84 Å². The minimum atomic E-state index is -0.863. The average Bonchev–Trinajstić information content (AvgIpc) is 2.35. The Morgan fingerprint density at radius 1 is 1.29 bits per heavy atom. The van der Waals surface area contributed by atoms with Gasteiger partial charge in [-0.05, 0) is 45.7 Å². The van der Waals surface area contributed by atoms with E-state index in [1.165, 1.54) is 0 Å². The van der Waals surface area contributed by atoms with Gasteiger partial charge in [-0.3, -0.25) is 9.69 Å². The van der Waals surface area contributed by atoms with E-state index in [2.05, 4.69) is 0 Å². The molecule has 21 heavy (non-hydrogen) atoms. The third-order valence-corrected chi connectivity index (χ3v) is 3.48. The van der Waals surface area contributed by atoms with E-state index in [0.29, 0.717) is 17.7 Å². The third-order valence-electron chi connectivity index (χ3n) is 3.48. The van der Waals surface area contributed by atoms with Crippen LogP contribution in [-0.2, 0) is 9.53 Å². The van der Waals surface area contributed by atoms with E-state index in [1.807, 2.05) is 27.7 Å². The molecule has 0 aromatic heterocycles. The van der Waals surface area contributed by atoms with E-state index in [0.717, 1.165) is 0 Å². The zero-order valence-electron chi connectivity index (χ0n) is 12.8. The van der Waals surface area contributed by atoms with E-state index in [4.69, 9.17) is 4.74 Å². The van der Waals surface area contributed by atoms with Crippen LogP contribution in [0.2, 0.25) is 0 Å². The second-order valence-electron chi connectivity index (χ2n) is 6.38. The standard InChI is InChI=1S/C16H21NO4/c1-10-9-12(14(18)19)11-7-5-6-8-13(11)17(10)15(20)21-16(2,3)4/h5-8,10,12H,9H2,1-4H3,(H,18,19)/t10-,12+/m1/s1. The van der Waals surface area contributed by atoms with Crippen LogP contribution in [0.1, 0.15) is 45.6 Å². The first-order chi connectivity index (χ1) is 9.70. The highest BCUT2D eigenvalue weighted by atomic mass is 16.6. The van der Waals surface area contributed by atoms with Crippen LogP contribution in [0.25, 0.3) is 0 Å². The van der Waals surface area contributed by atoms with E-state index < -0.39 is 23.6 Å². The number of carboxylic acids is 1. The number of ether oxygens (including phenoxy) is 1. The molecule has 1 N–H and O–H groups in total. The predicted molar refractivity (Wildman–Crippen MR) is 79.6 cm³/mol. The van der Waals surface area contributed by atoms with Crippen molar-refractivity contribution in [1.82, 2.24) is 0 Å². The number of benzene rings is 1. The van der Waals surface area contributed by atoms with E-state index in [1.54, 1.807) is 29.2 Å². The Morgan fingerprint density at radius 2 is 1.90 bits per heavy atom. The zero-order valence-corrected chi connectivity index (χ0v) is 12.8. The maximum Gasteiger partial charge on any atom is 0.415 e. The van der Waals surface area contributed by atoms with Gasteiger partial charge >= 0.3 is 12.1 Å². The average molecular weight is 291 g/mol. The summed E-state index contributed by atoms with van der Waals surface area (Å²) in [5.74, 6) is -1.45. The van der Waals surface area contributed by atoms with Crippen molar-refractivity contribution in [2.75, 3.05) is 4.90 Å². The number of carbonyl (C=O) groups is 2. The lowest BCUT2D eigenvalue weighted by Gasteiger charge is -2.38. The van der Waals surface area contributed by atoms with Crippen LogP contribution < -0.4 is 4.90 Å². The van der Waals surface area contributed by atoms with Crippen LogP contribution in [0.4, 0.5) is 10.5 Å². The van der Waals surface area contributed by atoms with Crippen LogP contribution in [0.3, 0.4) is 0 Å². The number of anilines is 1. The Balaban J connectivity index is 2.41. The second kappa shape index (κ2) is 5.39. The van der Waals surface area contributed by atoms with Crippen molar-refractivity contribution in [2.45, 2.75) is 51.7 Å². The Morgan fingerprint density at radius 3 is 2.48 bits per heavy atom. The molecule has 0 saturated carbocycles. The fourth-order valence-electron chi connectivity index (χ4n) is 2.64. The summed E-state index contributed by atoms with van der Waals surface area (Å²) in [6.07, 6.45) is -0.0581. The Hall–Kier alpha value is -2.04. The topological polar surface area (TPSA) is 66.8 Å². The Bertz CT molecular complexity index is 562. The molecule has 0 bridgehead atoms. The van der Waals surface area contributed by atoms with Gasteiger partial charge in [0.25, 0.3) is 0 Å².